The summed E-state index contributed by atoms with van der Waals surface area (Å²) in [6.07, 6.45) is -14.6. The van der Waals surface area contributed by atoms with Crippen LogP contribution in [0.1, 0.15) is 20.7 Å². The van der Waals surface area contributed by atoms with Gasteiger partial charge in [0.25, 0.3) is 0 Å². The number of anilines is 2. The number of nitrogens with two attached hydrogens (primary N) is 3. The molecule has 0 aliphatic carbocycles. The molecule has 0 spiro atoms. The fourth-order valence-corrected chi connectivity index (χ4v) is 4.85. The predicted octanol–water partition coefficient (Wildman–Crippen LogP) is -3.89. The lowest BCUT2D eigenvalue weighted by molar-refractivity contribution is -0.695. The van der Waals surface area contributed by atoms with Gasteiger partial charge in [0.1, 0.15) is 78.6 Å². The molecule has 2 heterocycles. The molecule has 2 saturated heterocycles. The third-order valence-corrected chi connectivity index (χ3v) is 7.32. The Kier molecular flexibility index (Phi) is 10.5. The Morgan fingerprint density at radius 2 is 1.30 bits per heavy atom. The van der Waals surface area contributed by atoms with Crippen molar-refractivity contribution in [2.75, 3.05) is 31.7 Å². The Hall–Kier alpha value is -3.78. The normalized spacial score (nSPS) is 32.1. The fraction of sp³-hybridized carbons (Fsp3) is 0.481. The number of aliphatic hydroxyl groups excluding tert-OH is 5. The largest absolute Gasteiger partial charge is 0.507 e. The zero-order chi connectivity index (χ0) is 32.3. The lowest BCUT2D eigenvalue weighted by Gasteiger charge is -2.45. The number of carbonyl (C=O) groups excluding carboxylic acids is 2. The van der Waals surface area contributed by atoms with Crippen LogP contribution in [0.15, 0.2) is 36.4 Å². The molecule has 44 heavy (non-hydrogen) atoms. The lowest BCUT2D eigenvalue weighted by atomic mass is 9.95. The van der Waals surface area contributed by atoms with Crippen LogP contribution < -0.4 is 16.8 Å². The third-order valence-electron chi connectivity index (χ3n) is 7.32. The second kappa shape index (κ2) is 13.9. The molecule has 10 atom stereocenters. The predicted molar refractivity (Wildman–Crippen MR) is 146 cm³/mol. The zero-order valence-corrected chi connectivity index (χ0v) is 23.4. The number of esters is 2. The van der Waals surface area contributed by atoms with Gasteiger partial charge < -0.3 is 76.2 Å². The number of phenolic OH excluding ortho intramolecular Hbond substituents is 2. The van der Waals surface area contributed by atoms with E-state index >= 15 is 0 Å². The maximum Gasteiger partial charge on any atom is 0.342 e. The molecule has 4 unspecified atom stereocenters. The second-order valence-electron chi connectivity index (χ2n) is 10.3. The number of carbonyl (C=O) groups is 2. The van der Waals surface area contributed by atoms with E-state index in [0.29, 0.717) is 0 Å². The number of phenols is 2. The van der Waals surface area contributed by atoms with Crippen molar-refractivity contribution in [3.63, 3.8) is 0 Å². The van der Waals surface area contributed by atoms with Gasteiger partial charge in [-0.2, -0.15) is 0 Å². The van der Waals surface area contributed by atoms with Crippen molar-refractivity contribution in [2.45, 2.75) is 61.3 Å². The molecule has 17 heteroatoms. The minimum absolute atomic E-state index is 0.168. The van der Waals surface area contributed by atoms with Crippen LogP contribution in [-0.4, -0.2) is 129 Å². The van der Waals surface area contributed by atoms with Gasteiger partial charge in [-0.05, 0) is 36.4 Å². The zero-order valence-electron chi connectivity index (χ0n) is 23.4. The van der Waals surface area contributed by atoms with E-state index < -0.39 is 98.0 Å². The number of ether oxygens (including phenoxy) is 5. The first-order valence-corrected chi connectivity index (χ1v) is 13.5. The highest BCUT2D eigenvalue weighted by Gasteiger charge is 2.52. The van der Waals surface area contributed by atoms with E-state index in [1.54, 1.807) is 0 Å². The maximum absolute atomic E-state index is 12.6. The first-order valence-electron chi connectivity index (χ1n) is 13.5. The van der Waals surface area contributed by atoms with Crippen molar-refractivity contribution in [3.05, 3.63) is 47.5 Å². The van der Waals surface area contributed by atoms with Gasteiger partial charge in [0.15, 0.2) is 12.3 Å². The molecule has 2 aliphatic rings. The number of quaternary nitrogens is 1. The quantitative estimate of drug-likeness (QED) is 0.0723. The molecule has 13 N–H and O–H groups in total. The summed E-state index contributed by atoms with van der Waals surface area (Å²) in [7, 11) is 1.54. The fourth-order valence-electron chi connectivity index (χ4n) is 4.85. The summed E-state index contributed by atoms with van der Waals surface area (Å²) in [5, 5.41) is 74.4. The molecule has 0 aromatic heterocycles. The summed E-state index contributed by atoms with van der Waals surface area (Å²) >= 11 is 0. The molecule has 0 saturated carbocycles. The summed E-state index contributed by atoms with van der Waals surface area (Å²) in [5.41, 5.74) is 11.1. The van der Waals surface area contributed by atoms with Gasteiger partial charge >= 0.3 is 11.9 Å². The molecule has 4 rings (SSSR count). The molecule has 17 nitrogen and oxygen atoms in total. The summed E-state index contributed by atoms with van der Waals surface area (Å²) in [5.74, 6) is -2.86. The molecule has 2 fully saturated rings. The van der Waals surface area contributed by atoms with Crippen molar-refractivity contribution in [1.82, 2.24) is 0 Å². The number of rotatable bonds is 9. The summed E-state index contributed by atoms with van der Waals surface area (Å²) in [6.45, 7) is -1.29. The van der Waals surface area contributed by atoms with Gasteiger partial charge in [-0.25, -0.2) is 9.59 Å². The molecule has 0 radical (unpaired) electrons. The first kappa shape index (κ1) is 33.1. The van der Waals surface area contributed by atoms with Crippen LogP contribution in [-0.2, 0) is 23.7 Å². The Morgan fingerprint density at radius 1 is 0.773 bits per heavy atom. The van der Waals surface area contributed by atoms with Crippen LogP contribution in [0.5, 0.6) is 11.5 Å². The van der Waals surface area contributed by atoms with E-state index in [4.69, 9.17) is 35.2 Å². The first-order chi connectivity index (χ1) is 20.8. The highest BCUT2D eigenvalue weighted by molar-refractivity contribution is 5.94. The second-order valence-corrected chi connectivity index (χ2v) is 10.3. The van der Waals surface area contributed by atoms with Crippen molar-refractivity contribution >= 4 is 23.3 Å². The van der Waals surface area contributed by atoms with Crippen molar-refractivity contribution < 1.29 is 74.3 Å². The molecule has 2 aliphatic heterocycles. The Labute approximate surface area is 250 Å². The van der Waals surface area contributed by atoms with E-state index in [9.17, 15) is 45.3 Å². The molecule has 242 valence electrons. The van der Waals surface area contributed by atoms with Crippen molar-refractivity contribution in [3.8, 4) is 11.5 Å². The van der Waals surface area contributed by atoms with Gasteiger partial charge in [0.05, 0.1) is 7.05 Å². The Bertz CT molecular complexity index is 1330. The highest BCUT2D eigenvalue weighted by atomic mass is 16.7. The molecular formula is C27H36N3O14+. The highest BCUT2D eigenvalue weighted by Crippen LogP contribution is 2.30. The average molecular weight is 627 g/mol. The standard InChI is InChI=1S/C27H35N3O14/c1-30-18-20(34)23(17(42-26(18)39)9-41-25(38)13-7-11(29)3-5-15(13)32)44-27-22(36)21(35)19(33)16(43-27)8-40-24(37)12-6-10(28)2-4-14(12)31/h2-7,16-23,26-27,30-36,39H,8-9,28-29H2,1H3/p+1/t16?,17?,18?,19-,20+,21-,22?,23+,26-,27+/m1/s1. The molecule has 2 aromatic rings. The molecule has 0 amide bonds. The SMILES string of the molecule is C[NH2+]C1[C@H](O)OC(COC(=O)c2cc(N)ccc2O)[C@H](O[C@@H]2OC(COC(=O)c3cc(N)ccc3O)[C@@H](O)[C@@H](O)C2O)[C@H]1O. The minimum atomic E-state index is -1.88. The van der Waals surface area contributed by atoms with Gasteiger partial charge in [0.2, 0.25) is 6.29 Å². The summed E-state index contributed by atoms with van der Waals surface area (Å²) < 4.78 is 27.3. The molecule has 0 bridgehead atoms. The summed E-state index contributed by atoms with van der Waals surface area (Å²) in [6, 6.07) is 6.44. The Morgan fingerprint density at radius 3 is 1.82 bits per heavy atom. The van der Waals surface area contributed by atoms with Gasteiger partial charge in [0, 0.05) is 11.4 Å². The van der Waals surface area contributed by atoms with E-state index in [-0.39, 0.29) is 22.5 Å². The average Bonchev–Trinajstić information content (AvgIpc) is 2.99. The smallest absolute Gasteiger partial charge is 0.342 e. The van der Waals surface area contributed by atoms with Crippen LogP contribution in [0.2, 0.25) is 0 Å². The molecular weight excluding hydrogens is 590 g/mol. The van der Waals surface area contributed by atoms with Crippen LogP contribution in [0.25, 0.3) is 0 Å². The van der Waals surface area contributed by atoms with Crippen LogP contribution in [0.3, 0.4) is 0 Å². The van der Waals surface area contributed by atoms with Gasteiger partial charge in [-0.15, -0.1) is 0 Å². The monoisotopic (exact) mass is 626 g/mol. The number of nitrogen functional groups attached to an aromatic ring is 2. The number of hydrogen-bond donors (Lipinski definition) is 10. The Balaban J connectivity index is 1.48. The van der Waals surface area contributed by atoms with E-state index in [1.807, 2.05) is 0 Å². The van der Waals surface area contributed by atoms with Crippen LogP contribution >= 0.6 is 0 Å². The van der Waals surface area contributed by atoms with E-state index in [1.165, 1.54) is 48.8 Å². The van der Waals surface area contributed by atoms with E-state index in [0.717, 1.165) is 0 Å². The molecule has 2 aromatic carbocycles. The van der Waals surface area contributed by atoms with E-state index in [2.05, 4.69) is 0 Å². The number of benzene rings is 2. The van der Waals surface area contributed by atoms with Crippen molar-refractivity contribution in [1.29, 1.82) is 0 Å². The number of hydrogen-bond acceptors (Lipinski definition) is 16. The van der Waals surface area contributed by atoms with Gasteiger partial charge in [-0.3, -0.25) is 0 Å². The minimum Gasteiger partial charge on any atom is -0.507 e. The summed E-state index contributed by atoms with van der Waals surface area (Å²) in [4.78, 5) is 25.1. The van der Waals surface area contributed by atoms with Gasteiger partial charge in [-0.1, -0.05) is 0 Å². The topological polar surface area (TPSA) is 291 Å². The third kappa shape index (κ3) is 7.12. The lowest BCUT2D eigenvalue weighted by Crippen LogP contribution is -2.94. The number of aliphatic hydroxyl groups is 5. The van der Waals surface area contributed by atoms with Crippen LogP contribution in [0, 0.1) is 0 Å². The van der Waals surface area contributed by atoms with Crippen molar-refractivity contribution in [2.24, 2.45) is 0 Å². The number of aromatic hydroxyl groups is 2. The maximum atomic E-state index is 12.6. The van der Waals surface area contributed by atoms with Crippen LogP contribution in [0.4, 0.5) is 11.4 Å². The number of likely N-dealkylation sites (N-methyl/N-ethyl adjacent to an activating group) is 1.